The number of anilines is 12. The summed E-state index contributed by atoms with van der Waals surface area (Å²) in [4.78, 5) is 7.81. The first kappa shape index (κ1) is 57.1. The van der Waals surface area contributed by atoms with E-state index in [0.717, 1.165) is 44.8 Å². The number of nitrogens with zero attached hydrogens (tertiary/aromatic N) is 4. The zero-order valence-electron chi connectivity index (χ0n) is 50.1. The Morgan fingerprint density at radius 2 is 0.457 bits per heavy atom. The van der Waals surface area contributed by atoms with Crippen LogP contribution in [-0.2, 0) is 5.41 Å². The zero-order chi connectivity index (χ0) is 64.2. The minimum Gasteiger partial charge on any atom is -0.310 e. The number of fused-ring (bicyclic) bond motifs is 11. The fourth-order valence-electron chi connectivity index (χ4n) is 16.2. The molecule has 94 heavy (non-hydrogen) atoms. The van der Waals surface area contributed by atoms with E-state index in [9.17, 15) is 0 Å². The van der Waals surface area contributed by atoms with Crippen LogP contribution in [0, 0.1) is 0 Å². The summed E-state index contributed by atoms with van der Waals surface area (Å²) in [7, 11) is 0. The monoisotopic (exact) mass is 1250 g/mol. The fourth-order valence-corrected chi connectivity index (χ4v) is 16.2. The van der Waals surface area contributed by atoms with Crippen molar-refractivity contribution in [1.29, 1.82) is 0 Å². The molecule has 0 spiro atoms. The normalized spacial score (nSPS) is 15.6. The van der Waals surface area contributed by atoms with E-state index in [4.69, 9.17) is 0 Å². The number of para-hydroxylation sites is 8. The third kappa shape index (κ3) is 8.41. The van der Waals surface area contributed by atoms with Gasteiger partial charge in [-0.15, -0.1) is 0 Å². The van der Waals surface area contributed by atoms with E-state index < -0.39 is 41.7 Å². The number of hydrogen-bond acceptors (Lipinski definition) is 4. The van der Waals surface area contributed by atoms with Crippen LogP contribution in [-0.4, -0.2) is 18.5 Å². The lowest BCUT2D eigenvalue weighted by Crippen LogP contribution is -2.33. The zero-order valence-corrected chi connectivity index (χ0v) is 50.1. The molecule has 4 aliphatic heterocycles. The molecule has 0 bridgehead atoms. The summed E-state index contributed by atoms with van der Waals surface area (Å²) < 4.78 is 143. The van der Waals surface area contributed by atoms with Gasteiger partial charge in [-0.05, 0) is 163 Å². The van der Waals surface area contributed by atoms with Gasteiger partial charge in [0.2, 0.25) is 0 Å². The molecule has 460 valence electrons. The van der Waals surface area contributed by atoms with Crippen molar-refractivity contribution in [2.45, 2.75) is 54.5 Å². The highest BCUT2D eigenvalue weighted by Crippen LogP contribution is 2.64. The van der Waals surface area contributed by atoms with Gasteiger partial charge in [-0.3, -0.25) is 0 Å². The van der Waals surface area contributed by atoms with Gasteiger partial charge in [0.15, 0.2) is 0 Å². The average molecular weight is 1250 g/mol. The largest absolute Gasteiger partial charge is 0.399 e. The maximum absolute atomic E-state index is 15.9. The lowest BCUT2D eigenvalue weighted by Gasteiger charge is -2.43. The number of benzene rings is 12. The smallest absolute Gasteiger partial charge is 0.310 e. The molecule has 0 atom stereocenters. The molecular weight excluding hydrogens is 1200 g/mol. The number of halogens is 9. The average Bonchev–Trinajstić information content (AvgIpc) is 1.44. The Morgan fingerprint density at radius 3 is 0.702 bits per heavy atom. The third-order valence-electron chi connectivity index (χ3n) is 19.9. The summed E-state index contributed by atoms with van der Waals surface area (Å²) in [6.45, 7) is 2.17. The van der Waals surface area contributed by atoms with Gasteiger partial charge in [0.05, 0.1) is 39.5 Å². The van der Waals surface area contributed by atoms with Crippen molar-refractivity contribution in [2.24, 2.45) is 0 Å². The Bertz CT molecular complexity index is 4700. The maximum atomic E-state index is 15.9. The van der Waals surface area contributed by atoms with Crippen LogP contribution in [0.1, 0.15) is 97.4 Å². The highest BCUT2D eigenvalue weighted by Gasteiger charge is 2.53. The molecule has 0 saturated heterocycles. The summed E-state index contributed by atoms with van der Waals surface area (Å²) in [5.41, 5.74) is 10.8. The van der Waals surface area contributed by atoms with Gasteiger partial charge in [0.25, 0.3) is 0 Å². The summed E-state index contributed by atoms with van der Waals surface area (Å²) in [5.74, 6) is -6.02. The van der Waals surface area contributed by atoms with Crippen LogP contribution >= 0.6 is 0 Å². The topological polar surface area (TPSA) is 13.0 Å². The molecule has 0 fully saturated rings. The number of rotatable bonds is 6. The van der Waals surface area contributed by atoms with E-state index in [-0.39, 0.29) is 62.0 Å². The van der Waals surface area contributed by atoms with E-state index in [1.807, 2.05) is 87.5 Å². The molecule has 12 aromatic carbocycles. The Morgan fingerprint density at radius 1 is 0.255 bits per heavy atom. The standard InChI is InChI=1S/C81H53F9N4/c1-48-55-22-4-14-34-67(55)91(68-35-15-5-23-56(48)68)51-42-49(43-52(46-51)92-69-36-16-6-26-59(69)75(79(82,83)84)60-27-7-17-37-70(60)92)78(65-32-12-2-24-57(65)58-25-3-13-33-66(58)78)50-44-53(93-71-38-18-8-28-61(71)76(80(85,86)87)62-29-9-19-39-72(62)93)47-54(45-50)94-73-40-20-10-30-63(73)77(81(88,89)90)64-31-11-21-41-74(64)94/h2-48,75-77H,1H3. The van der Waals surface area contributed by atoms with Crippen LogP contribution in [0.5, 0.6) is 0 Å². The Balaban J connectivity index is 1.03. The second-order valence-electron chi connectivity index (χ2n) is 24.8. The number of hydrogen-bond donors (Lipinski definition) is 0. The highest BCUT2D eigenvalue weighted by molar-refractivity contribution is 5.96. The molecule has 0 radical (unpaired) electrons. The van der Waals surface area contributed by atoms with Gasteiger partial charge in [-0.2, -0.15) is 39.5 Å². The van der Waals surface area contributed by atoms with Crippen LogP contribution in [0.25, 0.3) is 11.1 Å². The molecule has 5 aliphatic rings. The van der Waals surface area contributed by atoms with Crippen molar-refractivity contribution in [2.75, 3.05) is 19.6 Å². The molecule has 0 aromatic heterocycles. The van der Waals surface area contributed by atoms with Gasteiger partial charge >= 0.3 is 18.5 Å². The van der Waals surface area contributed by atoms with E-state index >= 15 is 39.5 Å². The van der Waals surface area contributed by atoms with Crippen LogP contribution < -0.4 is 19.6 Å². The predicted molar refractivity (Wildman–Crippen MR) is 354 cm³/mol. The Labute approximate surface area is 536 Å². The molecule has 4 heterocycles. The van der Waals surface area contributed by atoms with Crippen LogP contribution in [0.2, 0.25) is 0 Å². The first-order valence-electron chi connectivity index (χ1n) is 31.1. The SMILES string of the molecule is CC1c2ccccc2N(c2cc(N3c4ccccc4C(C(F)(F)F)c4ccccc43)cc(C3(c4cc(N5c6ccccc6C(C(F)(F)F)c6ccccc65)cc(N5c6ccccc6C(C(F)(F)F)c6ccccc65)c4)c4ccccc4-c4ccccc43)c2)c2ccccc21. The minimum absolute atomic E-state index is 0.0113. The summed E-state index contributed by atoms with van der Waals surface area (Å²) in [6, 6.07) is 83.8. The first-order chi connectivity index (χ1) is 45.5. The Hall–Kier alpha value is -10.8. The lowest BCUT2D eigenvalue weighted by molar-refractivity contribution is -0.142. The van der Waals surface area contributed by atoms with Gasteiger partial charge in [-0.25, -0.2) is 0 Å². The van der Waals surface area contributed by atoms with E-state index in [1.54, 1.807) is 121 Å². The molecule has 0 saturated carbocycles. The second-order valence-corrected chi connectivity index (χ2v) is 24.8. The minimum atomic E-state index is -4.72. The fraction of sp³-hybridized carbons (Fsp3) is 0.111. The van der Waals surface area contributed by atoms with Gasteiger partial charge in [-0.1, -0.05) is 201 Å². The molecule has 0 amide bonds. The maximum Gasteiger partial charge on any atom is 0.399 e. The third-order valence-corrected chi connectivity index (χ3v) is 19.9. The van der Waals surface area contributed by atoms with Gasteiger partial charge in [0, 0.05) is 40.0 Å². The van der Waals surface area contributed by atoms with Gasteiger partial charge < -0.3 is 19.6 Å². The molecule has 13 heteroatoms. The van der Waals surface area contributed by atoms with Crippen molar-refractivity contribution in [3.63, 3.8) is 0 Å². The Kier molecular flexibility index (Phi) is 12.7. The van der Waals surface area contributed by atoms with Crippen LogP contribution in [0.3, 0.4) is 0 Å². The molecular formula is C81H53F9N4. The second kappa shape index (κ2) is 20.9. The van der Waals surface area contributed by atoms with E-state index in [1.165, 1.54) is 24.3 Å². The van der Waals surface area contributed by atoms with Gasteiger partial charge in [0.1, 0.15) is 17.8 Å². The summed E-state index contributed by atoms with van der Waals surface area (Å²) in [6.07, 6.45) is -14.1. The van der Waals surface area contributed by atoms with Crippen molar-refractivity contribution in [3.05, 3.63) is 346 Å². The molecule has 12 aromatic rings. The van der Waals surface area contributed by atoms with Crippen molar-refractivity contribution in [1.82, 2.24) is 0 Å². The van der Waals surface area contributed by atoms with Crippen molar-refractivity contribution in [3.8, 4) is 11.1 Å². The van der Waals surface area contributed by atoms with E-state index in [2.05, 4.69) is 72.5 Å². The van der Waals surface area contributed by atoms with Crippen molar-refractivity contribution < 1.29 is 39.5 Å². The van der Waals surface area contributed by atoms with Crippen LogP contribution in [0.4, 0.5) is 108 Å². The molecule has 0 N–H and O–H groups in total. The predicted octanol–water partition coefficient (Wildman–Crippen LogP) is 23.4. The first-order valence-corrected chi connectivity index (χ1v) is 31.1. The molecule has 4 nitrogen and oxygen atoms in total. The molecule has 1 aliphatic carbocycles. The van der Waals surface area contributed by atoms with Crippen LogP contribution in [0.15, 0.2) is 279 Å². The quantitative estimate of drug-likeness (QED) is 0.154. The molecule has 0 unspecified atom stereocenters. The summed E-state index contributed by atoms with van der Waals surface area (Å²) >= 11 is 0. The summed E-state index contributed by atoms with van der Waals surface area (Å²) in [5, 5.41) is 0. The lowest BCUT2D eigenvalue weighted by atomic mass is 9.67. The highest BCUT2D eigenvalue weighted by atomic mass is 19.4. The van der Waals surface area contributed by atoms with Crippen molar-refractivity contribution >= 4 is 68.2 Å². The van der Waals surface area contributed by atoms with E-state index in [0.29, 0.717) is 45.3 Å². The number of alkyl halides is 9. The molecule has 17 rings (SSSR count).